The van der Waals surface area contributed by atoms with Gasteiger partial charge >= 0.3 is 5.97 Å². The molecular weight excluding hydrogens is 260 g/mol. The van der Waals surface area contributed by atoms with Gasteiger partial charge in [-0.1, -0.05) is 18.2 Å². The summed E-state index contributed by atoms with van der Waals surface area (Å²) in [6.07, 6.45) is 0. The molecule has 19 heavy (non-hydrogen) atoms. The summed E-state index contributed by atoms with van der Waals surface area (Å²) < 4.78 is 4.77. The second-order valence-corrected chi connectivity index (χ2v) is 5.17. The first kappa shape index (κ1) is 13.7. The number of hydrogen-bond acceptors (Lipinski definition) is 5. The number of aryl methyl sites for hydroxylation is 1. The van der Waals surface area contributed by atoms with Crippen molar-refractivity contribution in [1.29, 1.82) is 0 Å². The Morgan fingerprint density at radius 1 is 1.37 bits per heavy atom. The summed E-state index contributed by atoms with van der Waals surface area (Å²) in [7, 11) is 1.39. The molecule has 0 atom stereocenters. The van der Waals surface area contributed by atoms with E-state index in [2.05, 4.69) is 10.3 Å². The van der Waals surface area contributed by atoms with Crippen LogP contribution in [0.1, 0.15) is 26.6 Å². The zero-order chi connectivity index (χ0) is 13.7. The maximum absolute atomic E-state index is 11.6. The predicted octanol–water partition coefficient (Wildman–Crippen LogP) is 2.53. The largest absolute Gasteiger partial charge is 0.465 e. The van der Waals surface area contributed by atoms with E-state index >= 15 is 0 Å². The Kier molecular flexibility index (Phi) is 4.65. The fourth-order valence-corrected chi connectivity index (χ4v) is 2.41. The van der Waals surface area contributed by atoms with E-state index in [1.807, 2.05) is 30.5 Å². The maximum Gasteiger partial charge on any atom is 0.338 e. The minimum absolute atomic E-state index is 0.304. The van der Waals surface area contributed by atoms with Crippen molar-refractivity contribution in [3.63, 3.8) is 0 Å². The molecule has 0 radical (unpaired) electrons. The Hall–Kier alpha value is -1.72. The molecule has 0 saturated heterocycles. The van der Waals surface area contributed by atoms with E-state index in [-0.39, 0.29) is 5.97 Å². The summed E-state index contributed by atoms with van der Waals surface area (Å²) in [6.45, 7) is 3.29. The number of ether oxygens (including phenoxy) is 1. The lowest BCUT2D eigenvalue weighted by Crippen LogP contribution is -2.16. The number of esters is 1. The molecule has 0 bridgehead atoms. The zero-order valence-electron chi connectivity index (χ0n) is 11.0. The number of nitrogens with zero attached hydrogens (tertiary/aromatic N) is 1. The van der Waals surface area contributed by atoms with E-state index in [0.717, 1.165) is 16.3 Å². The number of aromatic nitrogens is 1. The lowest BCUT2D eigenvalue weighted by atomic mass is 10.1. The fourth-order valence-electron chi connectivity index (χ4n) is 1.80. The Labute approximate surface area is 116 Å². The standard InChI is InChI=1S/C14H16N2O2S/c1-10-16-12(9-19-10)8-15-7-11-5-3-4-6-13(11)14(17)18-2/h3-6,9,15H,7-8H2,1-2H3. The summed E-state index contributed by atoms with van der Waals surface area (Å²) in [5.74, 6) is -0.304. The molecule has 1 N–H and O–H groups in total. The highest BCUT2D eigenvalue weighted by Gasteiger charge is 2.10. The first-order valence-electron chi connectivity index (χ1n) is 5.98. The van der Waals surface area contributed by atoms with Gasteiger partial charge in [-0.15, -0.1) is 11.3 Å². The molecule has 0 spiro atoms. The van der Waals surface area contributed by atoms with Crippen molar-refractivity contribution in [1.82, 2.24) is 10.3 Å². The lowest BCUT2D eigenvalue weighted by Gasteiger charge is -2.08. The molecule has 1 heterocycles. The highest BCUT2D eigenvalue weighted by Crippen LogP contribution is 2.11. The minimum atomic E-state index is -0.304. The number of rotatable bonds is 5. The summed E-state index contributed by atoms with van der Waals surface area (Å²) in [6, 6.07) is 7.44. The Morgan fingerprint density at radius 3 is 2.84 bits per heavy atom. The summed E-state index contributed by atoms with van der Waals surface area (Å²) in [5, 5.41) is 6.39. The normalized spacial score (nSPS) is 10.4. The van der Waals surface area contributed by atoms with Gasteiger partial charge in [0, 0.05) is 18.5 Å². The molecule has 0 unspecified atom stereocenters. The van der Waals surface area contributed by atoms with Crippen LogP contribution >= 0.6 is 11.3 Å². The van der Waals surface area contributed by atoms with Crippen molar-refractivity contribution < 1.29 is 9.53 Å². The average molecular weight is 276 g/mol. The van der Waals surface area contributed by atoms with Crippen LogP contribution in [0.25, 0.3) is 0 Å². The number of benzene rings is 1. The van der Waals surface area contributed by atoms with Gasteiger partial charge in [-0.05, 0) is 18.6 Å². The monoisotopic (exact) mass is 276 g/mol. The van der Waals surface area contributed by atoms with Gasteiger partial charge in [0.15, 0.2) is 0 Å². The molecule has 2 aromatic rings. The van der Waals surface area contributed by atoms with E-state index in [4.69, 9.17) is 4.74 Å². The first-order chi connectivity index (χ1) is 9.20. The predicted molar refractivity (Wildman–Crippen MR) is 75.2 cm³/mol. The van der Waals surface area contributed by atoms with Gasteiger partial charge in [0.05, 0.1) is 23.4 Å². The molecule has 2 rings (SSSR count). The summed E-state index contributed by atoms with van der Waals surface area (Å²) >= 11 is 1.64. The SMILES string of the molecule is COC(=O)c1ccccc1CNCc1csc(C)n1. The third-order valence-electron chi connectivity index (χ3n) is 2.71. The topological polar surface area (TPSA) is 51.2 Å². The zero-order valence-corrected chi connectivity index (χ0v) is 11.8. The number of methoxy groups -OCH3 is 1. The fraction of sp³-hybridized carbons (Fsp3) is 0.286. The molecule has 5 heteroatoms. The van der Waals surface area contributed by atoms with Gasteiger partial charge in [-0.2, -0.15) is 0 Å². The Balaban J connectivity index is 1.97. The van der Waals surface area contributed by atoms with E-state index < -0.39 is 0 Å². The van der Waals surface area contributed by atoms with Crippen LogP contribution in [-0.4, -0.2) is 18.1 Å². The van der Waals surface area contributed by atoms with Crippen LogP contribution in [0.3, 0.4) is 0 Å². The van der Waals surface area contributed by atoms with Crippen LogP contribution in [0.4, 0.5) is 0 Å². The van der Waals surface area contributed by atoms with E-state index in [9.17, 15) is 4.79 Å². The van der Waals surface area contributed by atoms with Crippen LogP contribution in [0, 0.1) is 6.92 Å². The molecule has 0 aliphatic heterocycles. The Morgan fingerprint density at radius 2 is 2.16 bits per heavy atom. The van der Waals surface area contributed by atoms with Crippen molar-refractivity contribution in [2.24, 2.45) is 0 Å². The van der Waals surface area contributed by atoms with Crippen LogP contribution < -0.4 is 5.32 Å². The van der Waals surface area contributed by atoms with Gasteiger partial charge in [0.25, 0.3) is 0 Å². The third-order valence-corrected chi connectivity index (χ3v) is 3.53. The lowest BCUT2D eigenvalue weighted by molar-refractivity contribution is 0.0599. The van der Waals surface area contributed by atoms with Crippen molar-refractivity contribution >= 4 is 17.3 Å². The molecule has 0 amide bonds. The molecular formula is C14H16N2O2S. The molecule has 0 fully saturated rings. The van der Waals surface area contributed by atoms with Gasteiger partial charge < -0.3 is 10.1 Å². The van der Waals surface area contributed by atoms with Crippen molar-refractivity contribution in [3.05, 3.63) is 51.5 Å². The smallest absolute Gasteiger partial charge is 0.338 e. The first-order valence-corrected chi connectivity index (χ1v) is 6.86. The van der Waals surface area contributed by atoms with Crippen molar-refractivity contribution in [3.8, 4) is 0 Å². The van der Waals surface area contributed by atoms with Crippen molar-refractivity contribution in [2.75, 3.05) is 7.11 Å². The highest BCUT2D eigenvalue weighted by molar-refractivity contribution is 7.09. The van der Waals surface area contributed by atoms with Gasteiger partial charge in [0.1, 0.15) is 0 Å². The van der Waals surface area contributed by atoms with Gasteiger partial charge in [-0.25, -0.2) is 9.78 Å². The minimum Gasteiger partial charge on any atom is -0.465 e. The molecule has 1 aromatic carbocycles. The van der Waals surface area contributed by atoms with Gasteiger partial charge in [0.2, 0.25) is 0 Å². The molecule has 4 nitrogen and oxygen atoms in total. The highest BCUT2D eigenvalue weighted by atomic mass is 32.1. The number of carbonyl (C=O) groups is 1. The number of hydrogen-bond donors (Lipinski definition) is 1. The number of thiazole rings is 1. The molecule has 0 aliphatic carbocycles. The molecule has 100 valence electrons. The van der Waals surface area contributed by atoms with E-state index in [0.29, 0.717) is 18.7 Å². The molecule has 1 aromatic heterocycles. The number of carbonyl (C=O) groups excluding carboxylic acids is 1. The molecule has 0 saturated carbocycles. The Bertz CT molecular complexity index is 566. The second-order valence-electron chi connectivity index (χ2n) is 4.11. The van der Waals surface area contributed by atoms with E-state index in [1.165, 1.54) is 7.11 Å². The van der Waals surface area contributed by atoms with Crippen LogP contribution in [0.15, 0.2) is 29.6 Å². The summed E-state index contributed by atoms with van der Waals surface area (Å²) in [4.78, 5) is 16.0. The van der Waals surface area contributed by atoms with E-state index in [1.54, 1.807) is 17.4 Å². The van der Waals surface area contributed by atoms with Crippen LogP contribution in [0.2, 0.25) is 0 Å². The maximum atomic E-state index is 11.6. The van der Waals surface area contributed by atoms with Crippen LogP contribution in [-0.2, 0) is 17.8 Å². The third kappa shape index (κ3) is 3.62. The van der Waals surface area contributed by atoms with Gasteiger partial charge in [-0.3, -0.25) is 0 Å². The summed E-state index contributed by atoms with van der Waals surface area (Å²) in [5.41, 5.74) is 2.56. The average Bonchev–Trinajstić information content (AvgIpc) is 2.84. The quantitative estimate of drug-likeness (QED) is 0.853. The molecule has 0 aliphatic rings. The number of nitrogens with one attached hydrogen (secondary N) is 1. The van der Waals surface area contributed by atoms with Crippen LogP contribution in [0.5, 0.6) is 0 Å². The van der Waals surface area contributed by atoms with Crippen molar-refractivity contribution in [2.45, 2.75) is 20.0 Å². The second kappa shape index (κ2) is 6.45.